The molecule has 0 aliphatic carbocycles. The number of nitrogens with two attached hydrogens (primary N) is 1. The molecule has 2 amide bonds. The van der Waals surface area contributed by atoms with Crippen LogP contribution in [0.5, 0.6) is 0 Å². The largest absolute Gasteiger partial charge is 0.364 e. The number of hydrogen-bond donors (Lipinski definition) is 2. The second-order valence-corrected chi connectivity index (χ2v) is 5.41. The molecule has 0 saturated carbocycles. The fourth-order valence-corrected chi connectivity index (χ4v) is 2.68. The Hall–Kier alpha value is -1.14. The van der Waals surface area contributed by atoms with Gasteiger partial charge in [0.2, 0.25) is 11.8 Å². The molecule has 6 heteroatoms. The lowest BCUT2D eigenvalue weighted by atomic mass is 10.2. The summed E-state index contributed by atoms with van der Waals surface area (Å²) in [5.74, 6) is 0.0940. The Morgan fingerprint density at radius 2 is 2.37 bits per heavy atom. The Balaban J connectivity index is 1.74. The second-order valence-electron chi connectivity index (χ2n) is 5.41. The molecular weight excluding hydrogens is 246 g/mol. The fraction of sp³-hybridized carbons (Fsp3) is 0.846. The predicted octanol–water partition coefficient (Wildman–Crippen LogP) is -0.380. The monoisotopic (exact) mass is 269 g/mol. The molecule has 2 fully saturated rings. The molecule has 1 unspecified atom stereocenters. The summed E-state index contributed by atoms with van der Waals surface area (Å²) in [7, 11) is 0. The van der Waals surface area contributed by atoms with E-state index in [1.165, 1.54) is 0 Å². The van der Waals surface area contributed by atoms with Gasteiger partial charge in [0, 0.05) is 32.1 Å². The molecule has 0 aromatic carbocycles. The highest BCUT2D eigenvalue weighted by Crippen LogP contribution is 2.19. The van der Waals surface area contributed by atoms with E-state index < -0.39 is 0 Å². The quantitative estimate of drug-likeness (QED) is 0.712. The molecule has 0 aromatic rings. The van der Waals surface area contributed by atoms with Crippen molar-refractivity contribution in [2.75, 3.05) is 19.6 Å². The minimum absolute atomic E-state index is 0.00576. The van der Waals surface area contributed by atoms with Crippen LogP contribution < -0.4 is 11.1 Å². The van der Waals surface area contributed by atoms with E-state index in [1.807, 2.05) is 11.8 Å². The standard InChI is InChI=1S/C13H23N3O3/c1-9(8-16-6-2-3-12(16)17)15-13(18)11-5-4-10(7-14)19-11/h9-11H,2-8,14H2,1H3,(H,15,18)/t9?,10-,11+/m1/s1. The molecule has 2 rings (SSSR count). The lowest BCUT2D eigenvalue weighted by molar-refractivity contribution is -0.133. The van der Waals surface area contributed by atoms with Gasteiger partial charge in [-0.3, -0.25) is 9.59 Å². The maximum Gasteiger partial charge on any atom is 0.249 e. The highest BCUT2D eigenvalue weighted by atomic mass is 16.5. The van der Waals surface area contributed by atoms with E-state index in [4.69, 9.17) is 10.5 Å². The average molecular weight is 269 g/mol. The van der Waals surface area contributed by atoms with Gasteiger partial charge in [0.15, 0.2) is 0 Å². The van der Waals surface area contributed by atoms with Crippen molar-refractivity contribution in [1.82, 2.24) is 10.2 Å². The molecule has 6 nitrogen and oxygen atoms in total. The second kappa shape index (κ2) is 6.34. The maximum absolute atomic E-state index is 12.0. The van der Waals surface area contributed by atoms with Gasteiger partial charge in [-0.05, 0) is 26.2 Å². The van der Waals surface area contributed by atoms with Gasteiger partial charge in [0.05, 0.1) is 6.10 Å². The molecule has 0 bridgehead atoms. The van der Waals surface area contributed by atoms with Crippen molar-refractivity contribution in [3.63, 3.8) is 0 Å². The number of nitrogens with zero attached hydrogens (tertiary/aromatic N) is 1. The first-order valence-corrected chi connectivity index (χ1v) is 7.04. The number of carbonyl (C=O) groups is 2. The summed E-state index contributed by atoms with van der Waals surface area (Å²) in [6.45, 7) is 3.76. The molecule has 0 spiro atoms. The van der Waals surface area contributed by atoms with Crippen LogP contribution in [-0.4, -0.2) is 54.6 Å². The van der Waals surface area contributed by atoms with Gasteiger partial charge in [-0.2, -0.15) is 0 Å². The van der Waals surface area contributed by atoms with Crippen LogP contribution in [0.2, 0.25) is 0 Å². The zero-order valence-electron chi connectivity index (χ0n) is 11.4. The van der Waals surface area contributed by atoms with Crippen molar-refractivity contribution < 1.29 is 14.3 Å². The summed E-state index contributed by atoms with van der Waals surface area (Å²) in [6, 6.07) is -0.0462. The summed E-state index contributed by atoms with van der Waals surface area (Å²) in [5, 5.41) is 2.92. The van der Waals surface area contributed by atoms with E-state index >= 15 is 0 Å². The first kappa shape index (κ1) is 14.3. The van der Waals surface area contributed by atoms with Gasteiger partial charge >= 0.3 is 0 Å². The van der Waals surface area contributed by atoms with Crippen LogP contribution in [-0.2, 0) is 14.3 Å². The Labute approximate surface area is 113 Å². The van der Waals surface area contributed by atoms with Crippen molar-refractivity contribution in [3.05, 3.63) is 0 Å². The van der Waals surface area contributed by atoms with Crippen LogP contribution in [0.3, 0.4) is 0 Å². The molecule has 2 heterocycles. The van der Waals surface area contributed by atoms with E-state index in [-0.39, 0.29) is 30.1 Å². The Morgan fingerprint density at radius 1 is 1.58 bits per heavy atom. The zero-order chi connectivity index (χ0) is 13.8. The molecule has 0 aromatic heterocycles. The number of hydrogen-bond acceptors (Lipinski definition) is 4. The smallest absolute Gasteiger partial charge is 0.249 e. The summed E-state index contributed by atoms with van der Waals surface area (Å²) >= 11 is 0. The van der Waals surface area contributed by atoms with Crippen LogP contribution in [0.25, 0.3) is 0 Å². The molecule has 2 saturated heterocycles. The third-order valence-electron chi connectivity index (χ3n) is 3.72. The van der Waals surface area contributed by atoms with E-state index in [2.05, 4.69) is 5.32 Å². The minimum Gasteiger partial charge on any atom is -0.364 e. The maximum atomic E-state index is 12.0. The number of carbonyl (C=O) groups excluding carboxylic acids is 2. The van der Waals surface area contributed by atoms with Gasteiger partial charge < -0.3 is 20.7 Å². The molecule has 19 heavy (non-hydrogen) atoms. The van der Waals surface area contributed by atoms with E-state index in [0.717, 1.165) is 25.8 Å². The lowest BCUT2D eigenvalue weighted by Gasteiger charge is -2.23. The van der Waals surface area contributed by atoms with Crippen LogP contribution in [0, 0.1) is 0 Å². The van der Waals surface area contributed by atoms with Gasteiger partial charge in [-0.1, -0.05) is 0 Å². The molecule has 3 atom stereocenters. The number of amides is 2. The normalized spacial score (nSPS) is 28.7. The third-order valence-corrected chi connectivity index (χ3v) is 3.72. The Kier molecular flexibility index (Phi) is 4.76. The first-order chi connectivity index (χ1) is 9.10. The summed E-state index contributed by atoms with van der Waals surface area (Å²) < 4.78 is 5.55. The van der Waals surface area contributed by atoms with Crippen molar-refractivity contribution in [1.29, 1.82) is 0 Å². The van der Waals surface area contributed by atoms with E-state index in [9.17, 15) is 9.59 Å². The van der Waals surface area contributed by atoms with Crippen LogP contribution in [0.4, 0.5) is 0 Å². The van der Waals surface area contributed by atoms with Crippen LogP contribution >= 0.6 is 0 Å². The van der Waals surface area contributed by atoms with Gasteiger partial charge in [0.1, 0.15) is 6.10 Å². The fourth-order valence-electron chi connectivity index (χ4n) is 2.68. The molecule has 3 N–H and O–H groups in total. The molecule has 0 radical (unpaired) electrons. The summed E-state index contributed by atoms with van der Waals surface area (Å²) in [6.07, 6.45) is 2.74. The van der Waals surface area contributed by atoms with Gasteiger partial charge in [0.25, 0.3) is 0 Å². The highest BCUT2D eigenvalue weighted by molar-refractivity contribution is 5.81. The van der Waals surface area contributed by atoms with Crippen molar-refractivity contribution in [3.8, 4) is 0 Å². The van der Waals surface area contributed by atoms with Crippen molar-refractivity contribution >= 4 is 11.8 Å². The number of likely N-dealkylation sites (tertiary alicyclic amines) is 1. The van der Waals surface area contributed by atoms with E-state index in [0.29, 0.717) is 19.5 Å². The summed E-state index contributed by atoms with van der Waals surface area (Å²) in [5.41, 5.74) is 5.52. The average Bonchev–Trinajstić information content (AvgIpc) is 2.99. The van der Waals surface area contributed by atoms with Crippen LogP contribution in [0.15, 0.2) is 0 Å². The molecule has 108 valence electrons. The topological polar surface area (TPSA) is 84.7 Å². The highest BCUT2D eigenvalue weighted by Gasteiger charge is 2.31. The molecular formula is C13H23N3O3. The number of ether oxygens (including phenoxy) is 1. The van der Waals surface area contributed by atoms with Crippen LogP contribution in [0.1, 0.15) is 32.6 Å². The summed E-state index contributed by atoms with van der Waals surface area (Å²) in [4.78, 5) is 25.3. The molecule has 2 aliphatic rings. The SMILES string of the molecule is CC(CN1CCCC1=O)NC(=O)[C@@H]1CC[C@H](CN)O1. The van der Waals surface area contributed by atoms with Crippen molar-refractivity contribution in [2.45, 2.75) is 50.9 Å². The molecule has 2 aliphatic heterocycles. The first-order valence-electron chi connectivity index (χ1n) is 7.04. The van der Waals surface area contributed by atoms with Crippen molar-refractivity contribution in [2.24, 2.45) is 5.73 Å². The predicted molar refractivity (Wildman–Crippen MR) is 70.4 cm³/mol. The number of rotatable bonds is 5. The van der Waals surface area contributed by atoms with E-state index in [1.54, 1.807) is 0 Å². The minimum atomic E-state index is -0.384. The Morgan fingerprint density at radius 3 is 2.95 bits per heavy atom. The zero-order valence-corrected chi connectivity index (χ0v) is 11.4. The lowest BCUT2D eigenvalue weighted by Crippen LogP contribution is -2.46. The van der Waals surface area contributed by atoms with Gasteiger partial charge in [-0.25, -0.2) is 0 Å². The Bertz CT molecular complexity index is 348. The third kappa shape index (κ3) is 3.67. The van der Waals surface area contributed by atoms with Gasteiger partial charge in [-0.15, -0.1) is 0 Å². The number of nitrogens with one attached hydrogen (secondary N) is 1.